The van der Waals surface area contributed by atoms with Gasteiger partial charge in [0, 0.05) is 34.9 Å². The van der Waals surface area contributed by atoms with E-state index in [2.05, 4.69) is 77.8 Å². The number of benzene rings is 3. The van der Waals surface area contributed by atoms with Gasteiger partial charge in [0.15, 0.2) is 0 Å². The third-order valence-corrected chi connectivity index (χ3v) is 5.82. The van der Waals surface area contributed by atoms with Crippen LogP contribution in [0.25, 0.3) is 55.3 Å². The molecule has 0 spiro atoms. The molecule has 3 nitrogen and oxygen atoms in total. The Hall–Kier alpha value is -4.37. The zero-order valence-electron chi connectivity index (χ0n) is 17.3. The minimum atomic E-state index is 0.892. The summed E-state index contributed by atoms with van der Waals surface area (Å²) in [5.41, 5.74) is 8.32. The van der Waals surface area contributed by atoms with Crippen molar-refractivity contribution >= 4 is 21.8 Å². The van der Waals surface area contributed by atoms with Gasteiger partial charge in [-0.15, -0.1) is 0 Å². The van der Waals surface area contributed by atoms with Gasteiger partial charge < -0.3 is 0 Å². The van der Waals surface area contributed by atoms with Crippen LogP contribution in [0.3, 0.4) is 0 Å². The zero-order valence-corrected chi connectivity index (χ0v) is 17.3. The molecule has 0 aliphatic rings. The summed E-state index contributed by atoms with van der Waals surface area (Å²) in [5, 5.41) is 2.19. The topological polar surface area (TPSA) is 38.7 Å². The Morgan fingerprint density at radius 3 is 1.84 bits per heavy atom. The molecule has 0 bridgehead atoms. The SMILES string of the molecule is c1ccc(-c2ccnc3c2ccc2c(-c4ccccc4)cc(-c4cccnc4)nc23)cc1. The van der Waals surface area contributed by atoms with Gasteiger partial charge in [0.1, 0.15) is 0 Å². The molecule has 0 unspecified atom stereocenters. The number of fused-ring (bicyclic) bond motifs is 3. The van der Waals surface area contributed by atoms with Crippen molar-refractivity contribution in [3.63, 3.8) is 0 Å². The van der Waals surface area contributed by atoms with E-state index in [0.717, 1.165) is 49.8 Å². The Morgan fingerprint density at radius 1 is 0.500 bits per heavy atom. The Labute approximate surface area is 186 Å². The molecule has 3 heteroatoms. The smallest absolute Gasteiger partial charge is 0.0978 e. The minimum absolute atomic E-state index is 0.892. The Morgan fingerprint density at radius 2 is 1.16 bits per heavy atom. The van der Waals surface area contributed by atoms with Crippen LogP contribution in [0.2, 0.25) is 0 Å². The van der Waals surface area contributed by atoms with Gasteiger partial charge in [-0.3, -0.25) is 9.97 Å². The lowest BCUT2D eigenvalue weighted by atomic mass is 9.95. The lowest BCUT2D eigenvalue weighted by Crippen LogP contribution is -1.93. The van der Waals surface area contributed by atoms with Gasteiger partial charge in [-0.2, -0.15) is 0 Å². The average molecular weight is 409 g/mol. The fourth-order valence-electron chi connectivity index (χ4n) is 4.29. The molecule has 32 heavy (non-hydrogen) atoms. The summed E-state index contributed by atoms with van der Waals surface area (Å²) in [4.78, 5) is 14.2. The summed E-state index contributed by atoms with van der Waals surface area (Å²) in [6, 6.07) is 33.4. The van der Waals surface area contributed by atoms with Crippen LogP contribution < -0.4 is 0 Å². The lowest BCUT2D eigenvalue weighted by Gasteiger charge is -2.13. The molecular weight excluding hydrogens is 390 g/mol. The second-order valence-electron chi connectivity index (χ2n) is 7.75. The normalized spacial score (nSPS) is 11.1. The van der Waals surface area contributed by atoms with Gasteiger partial charge in [0.05, 0.1) is 16.7 Å². The highest BCUT2D eigenvalue weighted by Crippen LogP contribution is 2.37. The molecule has 0 saturated carbocycles. The van der Waals surface area contributed by atoms with Crippen molar-refractivity contribution in [2.24, 2.45) is 0 Å². The van der Waals surface area contributed by atoms with E-state index in [4.69, 9.17) is 9.97 Å². The summed E-state index contributed by atoms with van der Waals surface area (Å²) in [5.74, 6) is 0. The number of rotatable bonds is 3. The molecule has 0 N–H and O–H groups in total. The third-order valence-electron chi connectivity index (χ3n) is 5.82. The second-order valence-corrected chi connectivity index (χ2v) is 7.75. The molecule has 0 radical (unpaired) electrons. The first kappa shape index (κ1) is 18.4. The van der Waals surface area contributed by atoms with E-state index >= 15 is 0 Å². The van der Waals surface area contributed by atoms with E-state index in [1.165, 1.54) is 5.56 Å². The van der Waals surface area contributed by atoms with Gasteiger partial charge in [-0.25, -0.2) is 4.98 Å². The van der Waals surface area contributed by atoms with Crippen LogP contribution in [0.15, 0.2) is 116 Å². The monoisotopic (exact) mass is 409 g/mol. The van der Waals surface area contributed by atoms with E-state index in [0.29, 0.717) is 0 Å². The predicted molar refractivity (Wildman–Crippen MR) is 131 cm³/mol. The summed E-state index contributed by atoms with van der Waals surface area (Å²) in [7, 11) is 0. The fourth-order valence-corrected chi connectivity index (χ4v) is 4.29. The standard InChI is InChI=1S/C29H19N3/c1-3-8-20(9-4-1)23-15-17-31-28-24(23)13-14-25-26(21-10-5-2-6-11-21)18-27(32-29(25)28)22-12-7-16-30-19-22/h1-19H. The van der Waals surface area contributed by atoms with Crippen molar-refractivity contribution in [2.45, 2.75) is 0 Å². The maximum Gasteiger partial charge on any atom is 0.0978 e. The molecule has 0 amide bonds. The maximum atomic E-state index is 5.09. The largest absolute Gasteiger partial charge is 0.264 e. The van der Waals surface area contributed by atoms with E-state index in [-0.39, 0.29) is 0 Å². The van der Waals surface area contributed by atoms with Gasteiger partial charge >= 0.3 is 0 Å². The molecule has 0 atom stereocenters. The first-order valence-corrected chi connectivity index (χ1v) is 10.6. The van der Waals surface area contributed by atoms with Crippen LogP contribution in [0.1, 0.15) is 0 Å². The highest BCUT2D eigenvalue weighted by molar-refractivity contribution is 6.12. The molecule has 6 aromatic rings. The van der Waals surface area contributed by atoms with Gasteiger partial charge in [0.25, 0.3) is 0 Å². The number of pyridine rings is 3. The molecule has 0 saturated heterocycles. The number of hydrogen-bond donors (Lipinski definition) is 0. The van der Waals surface area contributed by atoms with Crippen molar-refractivity contribution in [2.75, 3.05) is 0 Å². The number of nitrogens with zero attached hydrogens (tertiary/aromatic N) is 3. The van der Waals surface area contributed by atoms with Crippen LogP contribution in [0, 0.1) is 0 Å². The molecule has 0 aliphatic heterocycles. The summed E-state index contributed by atoms with van der Waals surface area (Å²) < 4.78 is 0. The number of hydrogen-bond acceptors (Lipinski definition) is 3. The maximum absolute atomic E-state index is 5.09. The van der Waals surface area contributed by atoms with Crippen LogP contribution in [-0.2, 0) is 0 Å². The first-order valence-electron chi connectivity index (χ1n) is 10.6. The van der Waals surface area contributed by atoms with E-state index in [1.807, 2.05) is 36.7 Å². The molecule has 0 fully saturated rings. The molecule has 3 aromatic heterocycles. The van der Waals surface area contributed by atoms with Gasteiger partial charge in [-0.05, 0) is 46.5 Å². The van der Waals surface area contributed by atoms with Crippen LogP contribution in [0.4, 0.5) is 0 Å². The van der Waals surface area contributed by atoms with Crippen molar-refractivity contribution in [3.05, 3.63) is 116 Å². The highest BCUT2D eigenvalue weighted by Gasteiger charge is 2.14. The summed E-state index contributed by atoms with van der Waals surface area (Å²) in [6.45, 7) is 0. The van der Waals surface area contributed by atoms with Gasteiger partial charge in [-0.1, -0.05) is 72.8 Å². The van der Waals surface area contributed by atoms with Crippen LogP contribution in [-0.4, -0.2) is 15.0 Å². The zero-order chi connectivity index (χ0) is 21.3. The minimum Gasteiger partial charge on any atom is -0.264 e. The van der Waals surface area contributed by atoms with E-state index < -0.39 is 0 Å². The van der Waals surface area contributed by atoms with Crippen molar-refractivity contribution in [1.29, 1.82) is 0 Å². The number of aromatic nitrogens is 3. The Balaban J connectivity index is 1.71. The predicted octanol–water partition coefficient (Wildman–Crippen LogP) is 7.18. The van der Waals surface area contributed by atoms with Crippen LogP contribution >= 0.6 is 0 Å². The third kappa shape index (κ3) is 3.12. The lowest BCUT2D eigenvalue weighted by molar-refractivity contribution is 1.30. The molecule has 3 heterocycles. The van der Waals surface area contributed by atoms with E-state index in [9.17, 15) is 0 Å². The van der Waals surface area contributed by atoms with Crippen LogP contribution in [0.5, 0.6) is 0 Å². The van der Waals surface area contributed by atoms with Crippen molar-refractivity contribution in [3.8, 4) is 33.5 Å². The average Bonchev–Trinajstić information content (AvgIpc) is 2.89. The Kier molecular flexibility index (Phi) is 4.43. The van der Waals surface area contributed by atoms with E-state index in [1.54, 1.807) is 6.20 Å². The molecule has 0 aliphatic carbocycles. The van der Waals surface area contributed by atoms with Gasteiger partial charge in [0.2, 0.25) is 0 Å². The summed E-state index contributed by atoms with van der Waals surface area (Å²) in [6.07, 6.45) is 5.52. The first-order chi connectivity index (χ1) is 15.9. The highest BCUT2D eigenvalue weighted by atomic mass is 14.8. The molecular formula is C29H19N3. The quantitative estimate of drug-likeness (QED) is 0.291. The summed E-state index contributed by atoms with van der Waals surface area (Å²) >= 11 is 0. The fraction of sp³-hybridized carbons (Fsp3) is 0. The Bertz CT molecular complexity index is 1540. The molecule has 150 valence electrons. The van der Waals surface area contributed by atoms with Crippen molar-refractivity contribution in [1.82, 2.24) is 15.0 Å². The molecule has 6 rings (SSSR count). The molecule has 3 aromatic carbocycles. The van der Waals surface area contributed by atoms with Crippen molar-refractivity contribution < 1.29 is 0 Å². The second kappa shape index (κ2) is 7.71.